The summed E-state index contributed by atoms with van der Waals surface area (Å²) in [5.41, 5.74) is 3.52. The average Bonchev–Trinajstić information content (AvgIpc) is 3.21. The molecule has 0 radical (unpaired) electrons. The van der Waals surface area contributed by atoms with E-state index in [0.29, 0.717) is 62.5 Å². The van der Waals surface area contributed by atoms with Crippen molar-refractivity contribution >= 4 is 34.9 Å². The molecule has 0 bridgehead atoms. The predicted octanol–water partition coefficient (Wildman–Crippen LogP) is 5.61. The number of carbonyl (C=O) groups excluding carboxylic acids is 3. The summed E-state index contributed by atoms with van der Waals surface area (Å²) in [5, 5.41) is 5.58. The molecule has 1 saturated heterocycles. The van der Waals surface area contributed by atoms with E-state index in [9.17, 15) is 18.8 Å². The molecule has 3 aromatic carbocycles. The minimum Gasteiger partial charge on any atom is -0.369 e. The van der Waals surface area contributed by atoms with Crippen molar-refractivity contribution < 1.29 is 18.8 Å². The van der Waals surface area contributed by atoms with Crippen LogP contribution in [0.5, 0.6) is 0 Å². The molecule has 8 nitrogen and oxygen atoms in total. The van der Waals surface area contributed by atoms with Gasteiger partial charge < -0.3 is 25.3 Å². The van der Waals surface area contributed by atoms with Gasteiger partial charge in [-0.2, -0.15) is 0 Å². The lowest BCUT2D eigenvalue weighted by Gasteiger charge is -2.28. The molecule has 4 amide bonds. The SMILES string of the molecule is CCN(CC)C(=O)c1cc(NC(=O)c2ccc(C)cc2)ccc1N1CCCN(C(=O)Nc2ccccc2F)CC1. The van der Waals surface area contributed by atoms with E-state index >= 15 is 0 Å². The first-order chi connectivity index (χ1) is 19.3. The van der Waals surface area contributed by atoms with Crippen molar-refractivity contribution in [2.45, 2.75) is 27.2 Å². The quantitative estimate of drug-likeness (QED) is 0.404. The fourth-order valence-corrected chi connectivity index (χ4v) is 4.77. The van der Waals surface area contributed by atoms with Gasteiger partial charge in [-0.1, -0.05) is 29.8 Å². The minimum atomic E-state index is -0.485. The summed E-state index contributed by atoms with van der Waals surface area (Å²) in [6.07, 6.45) is 0.676. The van der Waals surface area contributed by atoms with E-state index in [1.54, 1.807) is 46.2 Å². The van der Waals surface area contributed by atoms with Crippen LogP contribution in [-0.4, -0.2) is 66.9 Å². The Bertz CT molecular complexity index is 1360. The van der Waals surface area contributed by atoms with Crippen molar-refractivity contribution in [1.29, 1.82) is 0 Å². The highest BCUT2D eigenvalue weighted by Crippen LogP contribution is 2.28. The molecule has 3 aromatic rings. The molecule has 0 spiro atoms. The molecule has 0 atom stereocenters. The number of nitrogens with one attached hydrogen (secondary N) is 2. The lowest BCUT2D eigenvalue weighted by molar-refractivity contribution is 0.0773. The number of amides is 4. The van der Waals surface area contributed by atoms with Crippen molar-refractivity contribution in [3.63, 3.8) is 0 Å². The summed E-state index contributed by atoms with van der Waals surface area (Å²) in [6.45, 7) is 8.98. The van der Waals surface area contributed by atoms with E-state index in [1.165, 1.54) is 12.1 Å². The van der Waals surface area contributed by atoms with Gasteiger partial charge in [-0.15, -0.1) is 0 Å². The number of anilines is 3. The highest BCUT2D eigenvalue weighted by molar-refractivity contribution is 6.06. The average molecular weight is 546 g/mol. The number of para-hydroxylation sites is 1. The molecule has 9 heteroatoms. The molecule has 0 saturated carbocycles. The number of hydrogen-bond acceptors (Lipinski definition) is 4. The molecule has 0 aromatic heterocycles. The van der Waals surface area contributed by atoms with Crippen LogP contribution < -0.4 is 15.5 Å². The second-order valence-electron chi connectivity index (χ2n) is 9.77. The first-order valence-corrected chi connectivity index (χ1v) is 13.7. The van der Waals surface area contributed by atoms with Gasteiger partial charge in [0.05, 0.1) is 11.3 Å². The molecule has 1 fully saturated rings. The summed E-state index contributed by atoms with van der Waals surface area (Å²) in [5.74, 6) is -0.855. The minimum absolute atomic E-state index is 0.121. The van der Waals surface area contributed by atoms with Gasteiger partial charge in [-0.25, -0.2) is 9.18 Å². The number of halogens is 1. The largest absolute Gasteiger partial charge is 0.369 e. The van der Waals surface area contributed by atoms with E-state index in [4.69, 9.17) is 0 Å². The van der Waals surface area contributed by atoms with Gasteiger partial charge in [0.15, 0.2) is 0 Å². The Morgan fingerprint density at radius 1 is 0.875 bits per heavy atom. The highest BCUT2D eigenvalue weighted by atomic mass is 19.1. The van der Waals surface area contributed by atoms with E-state index in [1.807, 2.05) is 39.0 Å². The summed E-state index contributed by atoms with van der Waals surface area (Å²) in [6, 6.07) is 18.4. The molecule has 40 heavy (non-hydrogen) atoms. The standard InChI is InChI=1S/C31H36FN5O3/c1-4-35(5-2)30(39)25-21-24(33-29(38)23-13-11-22(3)12-14-23)15-16-28(25)36-17-8-18-37(20-19-36)31(40)34-27-10-7-6-9-26(27)32/h6-7,9-16,21H,4-5,8,17-20H2,1-3H3,(H,33,38)(H,34,40). The van der Waals surface area contributed by atoms with Crippen molar-refractivity contribution in [1.82, 2.24) is 9.80 Å². The number of aryl methyl sites for hydroxylation is 1. The normalized spacial score (nSPS) is 13.4. The van der Waals surface area contributed by atoms with Crippen LogP contribution in [0.25, 0.3) is 0 Å². The maximum Gasteiger partial charge on any atom is 0.321 e. The zero-order valence-corrected chi connectivity index (χ0v) is 23.2. The maximum absolute atomic E-state index is 14.0. The first-order valence-electron chi connectivity index (χ1n) is 13.7. The van der Waals surface area contributed by atoms with Gasteiger partial charge in [0, 0.05) is 56.2 Å². The van der Waals surface area contributed by atoms with Crippen LogP contribution in [-0.2, 0) is 0 Å². The predicted molar refractivity (Wildman–Crippen MR) is 157 cm³/mol. The number of carbonyl (C=O) groups is 3. The molecule has 4 rings (SSSR count). The molecule has 2 N–H and O–H groups in total. The number of urea groups is 1. The monoisotopic (exact) mass is 545 g/mol. The van der Waals surface area contributed by atoms with E-state index in [-0.39, 0.29) is 23.5 Å². The molecular formula is C31H36FN5O3. The molecule has 210 valence electrons. The summed E-state index contributed by atoms with van der Waals surface area (Å²) in [4.78, 5) is 44.8. The van der Waals surface area contributed by atoms with Gasteiger partial charge in [-0.3, -0.25) is 9.59 Å². The van der Waals surface area contributed by atoms with Crippen LogP contribution in [0.15, 0.2) is 66.7 Å². The topological polar surface area (TPSA) is 85.0 Å². The van der Waals surface area contributed by atoms with E-state index in [0.717, 1.165) is 11.3 Å². The summed E-state index contributed by atoms with van der Waals surface area (Å²) >= 11 is 0. The van der Waals surface area contributed by atoms with Crippen LogP contribution in [0.3, 0.4) is 0 Å². The Kier molecular flexibility index (Phi) is 9.37. The summed E-state index contributed by atoms with van der Waals surface area (Å²) < 4.78 is 14.0. The Labute approximate surface area is 234 Å². The van der Waals surface area contributed by atoms with Crippen molar-refractivity contribution in [3.8, 4) is 0 Å². The Balaban J connectivity index is 1.54. The van der Waals surface area contributed by atoms with Crippen molar-refractivity contribution in [2.75, 3.05) is 54.8 Å². The van der Waals surface area contributed by atoms with Gasteiger partial charge in [-0.05, 0) is 69.7 Å². The third-order valence-corrected chi connectivity index (χ3v) is 7.09. The van der Waals surface area contributed by atoms with Gasteiger partial charge in [0.2, 0.25) is 0 Å². The Morgan fingerprint density at radius 3 is 2.30 bits per heavy atom. The van der Waals surface area contributed by atoms with Crippen molar-refractivity contribution in [2.24, 2.45) is 0 Å². The zero-order chi connectivity index (χ0) is 28.6. The molecule has 0 aliphatic carbocycles. The third-order valence-electron chi connectivity index (χ3n) is 7.09. The lowest BCUT2D eigenvalue weighted by atomic mass is 10.1. The van der Waals surface area contributed by atoms with Crippen LogP contribution in [0.4, 0.5) is 26.2 Å². The fourth-order valence-electron chi connectivity index (χ4n) is 4.77. The smallest absolute Gasteiger partial charge is 0.321 e. The highest BCUT2D eigenvalue weighted by Gasteiger charge is 2.25. The second-order valence-corrected chi connectivity index (χ2v) is 9.77. The third kappa shape index (κ3) is 6.77. The fraction of sp³-hybridized carbons (Fsp3) is 0.323. The zero-order valence-electron chi connectivity index (χ0n) is 23.2. The summed E-state index contributed by atoms with van der Waals surface area (Å²) in [7, 11) is 0. The molecule has 1 aliphatic rings. The molecule has 1 aliphatic heterocycles. The lowest BCUT2D eigenvalue weighted by Crippen LogP contribution is -2.38. The van der Waals surface area contributed by atoms with E-state index in [2.05, 4.69) is 15.5 Å². The van der Waals surface area contributed by atoms with Gasteiger partial charge in [0.25, 0.3) is 11.8 Å². The van der Waals surface area contributed by atoms with Gasteiger partial charge >= 0.3 is 6.03 Å². The number of hydrogen-bond donors (Lipinski definition) is 2. The number of rotatable bonds is 7. The van der Waals surface area contributed by atoms with Gasteiger partial charge in [0.1, 0.15) is 5.82 Å². The molecule has 0 unspecified atom stereocenters. The molecule has 1 heterocycles. The van der Waals surface area contributed by atoms with Crippen LogP contribution >= 0.6 is 0 Å². The van der Waals surface area contributed by atoms with E-state index < -0.39 is 5.82 Å². The van der Waals surface area contributed by atoms with Crippen LogP contribution in [0.1, 0.15) is 46.5 Å². The first kappa shape index (κ1) is 28.6. The van der Waals surface area contributed by atoms with Crippen LogP contribution in [0, 0.1) is 12.7 Å². The van der Waals surface area contributed by atoms with Crippen LogP contribution in [0.2, 0.25) is 0 Å². The Morgan fingerprint density at radius 2 is 1.60 bits per heavy atom. The maximum atomic E-state index is 14.0. The Hall–Kier alpha value is -4.40. The molecular weight excluding hydrogens is 509 g/mol. The number of benzene rings is 3. The van der Waals surface area contributed by atoms with Crippen molar-refractivity contribution in [3.05, 3.63) is 89.2 Å². The number of nitrogens with zero attached hydrogens (tertiary/aromatic N) is 3. The second kappa shape index (κ2) is 13.1.